The number of nitrogens with zero attached hydrogens (tertiary/aromatic N) is 1. The second-order valence-electron chi connectivity index (χ2n) is 4.83. The molecule has 0 unspecified atom stereocenters. The van der Waals surface area contributed by atoms with Crippen LogP contribution in [0.3, 0.4) is 0 Å². The van der Waals surface area contributed by atoms with Crippen molar-refractivity contribution in [1.29, 1.82) is 0 Å². The van der Waals surface area contributed by atoms with Crippen molar-refractivity contribution in [3.8, 4) is 0 Å². The highest BCUT2D eigenvalue weighted by atomic mass is 16.6. The molecule has 0 aliphatic carbocycles. The van der Waals surface area contributed by atoms with Gasteiger partial charge in [-0.2, -0.15) is 0 Å². The maximum atomic E-state index is 11.4. The van der Waals surface area contributed by atoms with Gasteiger partial charge >= 0.3 is 6.09 Å². The molecule has 7 nitrogen and oxygen atoms in total. The fraction of sp³-hybridized carbons (Fsp3) is 0.429. The summed E-state index contributed by atoms with van der Waals surface area (Å²) in [4.78, 5) is 31.1. The van der Waals surface area contributed by atoms with Gasteiger partial charge in [-0.1, -0.05) is 10.1 Å². The highest BCUT2D eigenvalue weighted by Gasteiger charge is 2.18. The first-order valence-corrected chi connectivity index (χ1v) is 6.34. The lowest BCUT2D eigenvalue weighted by Crippen LogP contribution is -2.49. The zero-order valence-electron chi connectivity index (χ0n) is 12.7. The third kappa shape index (κ3) is 10.1. The van der Waals surface area contributed by atoms with Gasteiger partial charge in [0.2, 0.25) is 6.20 Å². The van der Waals surface area contributed by atoms with Gasteiger partial charge in [-0.25, -0.2) is 4.79 Å². The van der Waals surface area contributed by atoms with Crippen molar-refractivity contribution in [3.05, 3.63) is 30.1 Å². The predicted octanol–water partition coefficient (Wildman–Crippen LogP) is 1.44. The number of carbonyl (C=O) groups is 3. The largest absolute Gasteiger partial charge is 0.468 e. The minimum Gasteiger partial charge on any atom is -0.468 e. The van der Waals surface area contributed by atoms with Gasteiger partial charge in [-0.15, -0.1) is 0 Å². The molecule has 21 heavy (non-hydrogen) atoms. The van der Waals surface area contributed by atoms with Crippen LogP contribution in [-0.4, -0.2) is 31.1 Å². The molecule has 0 fully saturated rings. The Hall–Kier alpha value is -2.44. The number of rotatable bonds is 4. The fourth-order valence-corrected chi connectivity index (χ4v) is 1.11. The first-order chi connectivity index (χ1) is 9.82. The SMILES string of the molecule is CC(C)(C)OC(=O)N[n+]1cccc(C=O)c1.CCOC=O. The van der Waals surface area contributed by atoms with Crippen LogP contribution in [0, 0.1) is 0 Å². The molecule has 0 radical (unpaired) electrons. The average molecular weight is 297 g/mol. The van der Waals surface area contributed by atoms with E-state index in [0.717, 1.165) is 0 Å². The van der Waals surface area contributed by atoms with Crippen LogP contribution < -0.4 is 10.1 Å². The Morgan fingerprint density at radius 1 is 1.38 bits per heavy atom. The molecule has 0 saturated heterocycles. The molecule has 1 aromatic rings. The number of pyridine rings is 1. The summed E-state index contributed by atoms with van der Waals surface area (Å²) < 4.78 is 10.6. The van der Waals surface area contributed by atoms with Gasteiger partial charge in [0, 0.05) is 6.07 Å². The van der Waals surface area contributed by atoms with Gasteiger partial charge in [0.1, 0.15) is 5.60 Å². The van der Waals surface area contributed by atoms with Crippen molar-refractivity contribution < 1.29 is 28.5 Å². The molecule has 1 rings (SSSR count). The van der Waals surface area contributed by atoms with Crippen molar-refractivity contribution >= 4 is 18.9 Å². The van der Waals surface area contributed by atoms with Crippen LogP contribution in [-0.2, 0) is 14.3 Å². The van der Waals surface area contributed by atoms with E-state index in [1.807, 2.05) is 0 Å². The van der Waals surface area contributed by atoms with Crippen LogP contribution in [0.5, 0.6) is 0 Å². The summed E-state index contributed by atoms with van der Waals surface area (Å²) in [6.45, 7) is 8.00. The Bertz CT molecular complexity index is 469. The third-order valence-electron chi connectivity index (χ3n) is 1.81. The van der Waals surface area contributed by atoms with Gasteiger partial charge in [0.05, 0.1) is 12.2 Å². The highest BCUT2D eigenvalue weighted by Crippen LogP contribution is 2.06. The van der Waals surface area contributed by atoms with Gasteiger partial charge < -0.3 is 9.47 Å². The Balaban J connectivity index is 0.000000690. The molecule has 1 heterocycles. The van der Waals surface area contributed by atoms with Crippen LogP contribution in [0.25, 0.3) is 0 Å². The molecule has 0 saturated carbocycles. The quantitative estimate of drug-likeness (QED) is 0.671. The topological polar surface area (TPSA) is 85.6 Å². The highest BCUT2D eigenvalue weighted by molar-refractivity contribution is 5.75. The normalized spacial score (nSPS) is 9.71. The Kier molecular flexibility index (Phi) is 8.36. The number of aldehydes is 1. The zero-order valence-corrected chi connectivity index (χ0v) is 12.7. The minimum absolute atomic E-state index is 0.431. The predicted molar refractivity (Wildman–Crippen MR) is 75.3 cm³/mol. The number of aromatic nitrogens is 1. The molecule has 1 amide bonds. The molecule has 0 aliphatic heterocycles. The Morgan fingerprint density at radius 3 is 2.48 bits per heavy atom. The number of nitrogens with one attached hydrogen (secondary N) is 1. The summed E-state index contributed by atoms with van der Waals surface area (Å²) in [6.07, 6.45) is 3.24. The van der Waals surface area contributed by atoms with Gasteiger partial charge in [0.25, 0.3) is 6.47 Å². The van der Waals surface area contributed by atoms with Gasteiger partial charge in [0.15, 0.2) is 12.5 Å². The zero-order chi connectivity index (χ0) is 16.3. The minimum atomic E-state index is -0.569. The van der Waals surface area contributed by atoms with E-state index in [1.54, 1.807) is 46.0 Å². The first-order valence-electron chi connectivity index (χ1n) is 6.34. The van der Waals surface area contributed by atoms with E-state index in [2.05, 4.69) is 10.2 Å². The second kappa shape index (κ2) is 9.46. The summed E-state index contributed by atoms with van der Waals surface area (Å²) in [6, 6.07) is 3.29. The van der Waals surface area contributed by atoms with E-state index in [4.69, 9.17) is 4.74 Å². The molecule has 0 aliphatic rings. The van der Waals surface area contributed by atoms with E-state index in [9.17, 15) is 14.4 Å². The molecule has 116 valence electrons. The molecule has 1 N–H and O–H groups in total. The maximum Gasteiger partial charge on any atom is 0.461 e. The standard InChI is InChI=1S/C11H14N2O3.C3H6O2/c1-11(2,3)16-10(15)12-13-6-4-5-9(7-13)8-14;1-2-5-3-4/h4-8H,1-3H3;3H,2H2,1H3/p+1. The van der Waals surface area contributed by atoms with Crippen LogP contribution in [0.1, 0.15) is 38.1 Å². The molecule has 1 aromatic heterocycles. The fourth-order valence-electron chi connectivity index (χ4n) is 1.11. The smallest absolute Gasteiger partial charge is 0.461 e. The maximum absolute atomic E-state index is 11.4. The van der Waals surface area contributed by atoms with Crippen LogP contribution in [0.4, 0.5) is 4.79 Å². The van der Waals surface area contributed by atoms with E-state index >= 15 is 0 Å². The number of carbonyl (C=O) groups excluding carboxylic acids is 3. The molecule has 0 aromatic carbocycles. The van der Waals surface area contributed by atoms with Gasteiger partial charge in [-0.3, -0.25) is 9.59 Å². The molecule has 0 atom stereocenters. The van der Waals surface area contributed by atoms with E-state index in [0.29, 0.717) is 24.9 Å². The van der Waals surface area contributed by atoms with Gasteiger partial charge in [-0.05, 0) is 33.8 Å². The van der Waals surface area contributed by atoms with E-state index in [1.165, 1.54) is 10.9 Å². The van der Waals surface area contributed by atoms with Crippen LogP contribution in [0.2, 0.25) is 0 Å². The third-order valence-corrected chi connectivity index (χ3v) is 1.81. The van der Waals surface area contributed by atoms with Crippen LogP contribution in [0.15, 0.2) is 24.5 Å². The summed E-state index contributed by atoms with van der Waals surface area (Å²) in [5.74, 6) is 0. The lowest BCUT2D eigenvalue weighted by Gasteiger charge is -2.17. The summed E-state index contributed by atoms with van der Waals surface area (Å²) in [5.41, 5.74) is 2.39. The Morgan fingerprint density at radius 2 is 2.05 bits per heavy atom. The van der Waals surface area contributed by atoms with Crippen molar-refractivity contribution in [2.45, 2.75) is 33.3 Å². The second-order valence-corrected chi connectivity index (χ2v) is 4.83. The summed E-state index contributed by atoms with van der Waals surface area (Å²) >= 11 is 0. The van der Waals surface area contributed by atoms with E-state index < -0.39 is 11.7 Å². The van der Waals surface area contributed by atoms with Crippen molar-refractivity contribution in [1.82, 2.24) is 0 Å². The first kappa shape index (κ1) is 18.6. The van der Waals surface area contributed by atoms with Crippen molar-refractivity contribution in [2.24, 2.45) is 0 Å². The van der Waals surface area contributed by atoms with Crippen molar-refractivity contribution in [2.75, 3.05) is 12.0 Å². The molecule has 0 bridgehead atoms. The molecule has 0 spiro atoms. The van der Waals surface area contributed by atoms with Crippen LogP contribution >= 0.6 is 0 Å². The molecular weight excluding hydrogens is 276 g/mol. The summed E-state index contributed by atoms with van der Waals surface area (Å²) in [7, 11) is 0. The number of ether oxygens (including phenoxy) is 2. The number of hydrogen-bond acceptors (Lipinski definition) is 5. The lowest BCUT2D eigenvalue weighted by atomic mass is 10.2. The van der Waals surface area contributed by atoms with Crippen molar-refractivity contribution in [3.63, 3.8) is 0 Å². The monoisotopic (exact) mass is 297 g/mol. The molecule has 7 heteroatoms. The lowest BCUT2D eigenvalue weighted by molar-refractivity contribution is -0.642. The number of hydrogen-bond donors (Lipinski definition) is 1. The molecular formula is C14H21N2O5+. The average Bonchev–Trinajstić information content (AvgIpc) is 2.38. The summed E-state index contributed by atoms with van der Waals surface area (Å²) in [5, 5.41) is 0. The van der Waals surface area contributed by atoms with E-state index in [-0.39, 0.29) is 0 Å². The number of amides is 1. The Labute approximate surface area is 123 Å².